The molecular formula is C10H11F3N4O. The second-order valence-electron chi connectivity index (χ2n) is 3.86. The van der Waals surface area contributed by atoms with E-state index in [0.29, 0.717) is 17.7 Å². The highest BCUT2D eigenvalue weighted by Gasteiger charge is 2.34. The number of aliphatic imine (C=N–C) groups is 1. The van der Waals surface area contributed by atoms with Gasteiger partial charge in [0.2, 0.25) is 0 Å². The summed E-state index contributed by atoms with van der Waals surface area (Å²) in [6, 6.07) is -0.666. The molecule has 8 heteroatoms. The van der Waals surface area contributed by atoms with E-state index in [9.17, 15) is 18.3 Å². The first kappa shape index (κ1) is 12.6. The van der Waals surface area contributed by atoms with E-state index in [1.165, 1.54) is 6.33 Å². The fourth-order valence-corrected chi connectivity index (χ4v) is 1.77. The summed E-state index contributed by atoms with van der Waals surface area (Å²) in [5.41, 5.74) is 1.17. The smallest absolute Gasteiger partial charge is 0.406 e. The molecule has 0 fully saturated rings. The molecular weight excluding hydrogens is 249 g/mol. The fraction of sp³-hybridized carbons (Fsp3) is 0.500. The summed E-state index contributed by atoms with van der Waals surface area (Å²) in [5, 5.41) is 9.46. The van der Waals surface area contributed by atoms with Crippen LogP contribution in [0.5, 0.6) is 0 Å². The molecule has 98 valence electrons. The van der Waals surface area contributed by atoms with Crippen LogP contribution in [0.1, 0.15) is 18.2 Å². The van der Waals surface area contributed by atoms with Crippen LogP contribution < -0.4 is 0 Å². The molecule has 0 aliphatic carbocycles. The van der Waals surface area contributed by atoms with Crippen molar-refractivity contribution in [3.63, 3.8) is 0 Å². The maximum atomic E-state index is 12.3. The lowest BCUT2D eigenvalue weighted by Gasteiger charge is -2.27. The van der Waals surface area contributed by atoms with Gasteiger partial charge in [0.1, 0.15) is 12.9 Å². The molecule has 0 unspecified atom stereocenters. The van der Waals surface area contributed by atoms with Gasteiger partial charge in [0.05, 0.1) is 12.2 Å². The summed E-state index contributed by atoms with van der Waals surface area (Å²) >= 11 is 0. The standard InChI is InChI=1S/C10H11F3N4O/c1-2-7-6-3-17(4-10(11,12)13)9(18)16-8(6)15-5-14-7/h5H,2-4H2,1H3,(H,14,15,16,18). The minimum Gasteiger partial charge on any atom is -0.480 e. The molecule has 0 amide bonds. The zero-order chi connectivity index (χ0) is 13.3. The van der Waals surface area contributed by atoms with Crippen LogP contribution in [0.15, 0.2) is 11.3 Å². The first-order valence-electron chi connectivity index (χ1n) is 5.33. The van der Waals surface area contributed by atoms with E-state index in [0.717, 1.165) is 4.90 Å². The molecule has 1 aromatic heterocycles. The van der Waals surface area contributed by atoms with E-state index >= 15 is 0 Å². The van der Waals surface area contributed by atoms with Gasteiger partial charge in [-0.1, -0.05) is 6.92 Å². The van der Waals surface area contributed by atoms with Crippen molar-refractivity contribution in [2.75, 3.05) is 6.54 Å². The van der Waals surface area contributed by atoms with Gasteiger partial charge in [-0.15, -0.1) is 0 Å². The quantitative estimate of drug-likeness (QED) is 0.883. The molecule has 1 N–H and O–H groups in total. The van der Waals surface area contributed by atoms with Gasteiger partial charge in [-0.05, 0) is 6.42 Å². The van der Waals surface area contributed by atoms with E-state index in [4.69, 9.17) is 0 Å². The maximum Gasteiger partial charge on any atom is 0.406 e. The first-order valence-corrected chi connectivity index (χ1v) is 5.33. The van der Waals surface area contributed by atoms with Crippen molar-refractivity contribution >= 4 is 11.8 Å². The van der Waals surface area contributed by atoms with E-state index in [2.05, 4.69) is 15.0 Å². The van der Waals surface area contributed by atoms with Gasteiger partial charge < -0.3 is 10.0 Å². The maximum absolute atomic E-state index is 12.3. The average Bonchev–Trinajstić information content (AvgIpc) is 2.27. The van der Waals surface area contributed by atoms with Crippen LogP contribution >= 0.6 is 0 Å². The molecule has 0 atom stereocenters. The second-order valence-corrected chi connectivity index (χ2v) is 3.86. The lowest BCUT2D eigenvalue weighted by Crippen LogP contribution is -2.40. The molecule has 1 aliphatic heterocycles. The Balaban J connectivity index is 2.33. The topological polar surface area (TPSA) is 61.6 Å². The summed E-state index contributed by atoms with van der Waals surface area (Å²) in [7, 11) is 0. The van der Waals surface area contributed by atoms with Crippen molar-refractivity contribution in [1.82, 2.24) is 14.9 Å². The molecule has 0 radical (unpaired) electrons. The number of hydrogen-bond donors (Lipinski definition) is 1. The Bertz CT molecular complexity index is 487. The van der Waals surface area contributed by atoms with Crippen molar-refractivity contribution < 1.29 is 18.3 Å². The van der Waals surface area contributed by atoms with Crippen molar-refractivity contribution in [3.8, 4) is 0 Å². The first-order chi connectivity index (χ1) is 8.40. The van der Waals surface area contributed by atoms with E-state index in [1.807, 2.05) is 6.92 Å². The van der Waals surface area contributed by atoms with Crippen LogP contribution in [0.3, 0.4) is 0 Å². The highest BCUT2D eigenvalue weighted by molar-refractivity contribution is 5.77. The number of halogens is 3. The number of rotatable bonds is 2. The number of amidine groups is 1. The van der Waals surface area contributed by atoms with Crippen LogP contribution in [0.4, 0.5) is 19.0 Å². The summed E-state index contributed by atoms with van der Waals surface area (Å²) in [6.45, 7) is 0.503. The summed E-state index contributed by atoms with van der Waals surface area (Å²) in [6.07, 6.45) is -2.54. The predicted octanol–water partition coefficient (Wildman–Crippen LogP) is 1.96. The van der Waals surface area contributed by atoms with Crippen LogP contribution in [-0.2, 0) is 13.0 Å². The molecule has 2 heterocycles. The Kier molecular flexibility index (Phi) is 3.10. The van der Waals surface area contributed by atoms with Crippen LogP contribution in [-0.4, -0.2) is 38.7 Å². The van der Waals surface area contributed by atoms with Gasteiger partial charge in [0.25, 0.3) is 6.02 Å². The normalized spacial score (nSPS) is 15.3. The lowest BCUT2D eigenvalue weighted by atomic mass is 10.1. The van der Waals surface area contributed by atoms with Gasteiger partial charge in [0, 0.05) is 5.56 Å². The Morgan fingerprint density at radius 3 is 2.72 bits per heavy atom. The van der Waals surface area contributed by atoms with E-state index in [1.54, 1.807) is 0 Å². The van der Waals surface area contributed by atoms with Gasteiger partial charge >= 0.3 is 6.18 Å². The Hall–Kier alpha value is -1.86. The summed E-state index contributed by atoms with van der Waals surface area (Å²) in [5.74, 6) is 0.234. The van der Waals surface area contributed by atoms with Crippen LogP contribution in [0, 0.1) is 0 Å². The minimum atomic E-state index is -4.40. The van der Waals surface area contributed by atoms with E-state index in [-0.39, 0.29) is 12.4 Å². The highest BCUT2D eigenvalue weighted by Crippen LogP contribution is 2.27. The molecule has 0 aromatic carbocycles. The zero-order valence-corrected chi connectivity index (χ0v) is 9.57. The Morgan fingerprint density at radius 1 is 1.39 bits per heavy atom. The average molecular weight is 260 g/mol. The molecule has 2 rings (SSSR count). The third-order valence-corrected chi connectivity index (χ3v) is 2.55. The van der Waals surface area contributed by atoms with Crippen LogP contribution in [0.25, 0.3) is 0 Å². The number of fused-ring (bicyclic) bond motifs is 1. The molecule has 1 aromatic rings. The van der Waals surface area contributed by atoms with Crippen molar-refractivity contribution in [3.05, 3.63) is 17.6 Å². The Labute approximate surface area is 101 Å². The van der Waals surface area contributed by atoms with Gasteiger partial charge in [-0.2, -0.15) is 18.2 Å². The number of aliphatic hydroxyl groups is 1. The molecule has 0 spiro atoms. The second kappa shape index (κ2) is 4.43. The molecule has 1 aliphatic rings. The van der Waals surface area contributed by atoms with E-state index < -0.39 is 18.7 Å². The number of aryl methyl sites for hydroxylation is 1. The fourth-order valence-electron chi connectivity index (χ4n) is 1.77. The summed E-state index contributed by atoms with van der Waals surface area (Å²) in [4.78, 5) is 12.3. The van der Waals surface area contributed by atoms with Crippen molar-refractivity contribution in [1.29, 1.82) is 0 Å². The monoisotopic (exact) mass is 260 g/mol. The van der Waals surface area contributed by atoms with Crippen LogP contribution in [0.2, 0.25) is 0 Å². The van der Waals surface area contributed by atoms with Gasteiger partial charge in [-0.25, -0.2) is 9.97 Å². The number of aromatic nitrogens is 2. The lowest BCUT2D eigenvalue weighted by molar-refractivity contribution is -0.140. The third kappa shape index (κ3) is 2.52. The van der Waals surface area contributed by atoms with Crippen molar-refractivity contribution in [2.45, 2.75) is 26.1 Å². The molecule has 0 bridgehead atoms. The van der Waals surface area contributed by atoms with Gasteiger partial charge in [-0.3, -0.25) is 0 Å². The largest absolute Gasteiger partial charge is 0.480 e. The third-order valence-electron chi connectivity index (χ3n) is 2.55. The van der Waals surface area contributed by atoms with Gasteiger partial charge in [0.15, 0.2) is 5.82 Å². The number of hydrogen-bond acceptors (Lipinski definition) is 4. The molecule has 0 saturated heterocycles. The van der Waals surface area contributed by atoms with Crippen molar-refractivity contribution in [2.24, 2.45) is 4.99 Å². The number of nitrogens with zero attached hydrogens (tertiary/aromatic N) is 4. The SMILES string of the molecule is CCc1ncnc2c1CN(CC(F)(F)F)C(O)=N2. The molecule has 0 saturated carbocycles. The molecule has 5 nitrogen and oxygen atoms in total. The Morgan fingerprint density at radius 2 is 2.11 bits per heavy atom. The highest BCUT2D eigenvalue weighted by atomic mass is 19.4. The predicted molar refractivity (Wildman–Crippen MR) is 57.6 cm³/mol. The number of aliphatic hydroxyl groups excluding tert-OH is 1. The minimum absolute atomic E-state index is 0.0891. The summed E-state index contributed by atoms with van der Waals surface area (Å²) < 4.78 is 37.0. The zero-order valence-electron chi connectivity index (χ0n) is 9.57. The molecule has 18 heavy (non-hydrogen) atoms. The number of alkyl halides is 3.